The summed E-state index contributed by atoms with van der Waals surface area (Å²) in [7, 11) is 0. The fourth-order valence-electron chi connectivity index (χ4n) is 1.94. The molecule has 0 N–H and O–H groups in total. The minimum atomic E-state index is -4.45. The smallest absolute Gasteiger partial charge is 0.416 e. The molecule has 0 bridgehead atoms. The van der Waals surface area contributed by atoms with E-state index < -0.39 is 23.4 Å². The van der Waals surface area contributed by atoms with Crippen molar-refractivity contribution in [3.05, 3.63) is 28.8 Å². The molecule has 0 unspecified atom stereocenters. The highest BCUT2D eigenvalue weighted by Gasteiger charge is 2.36. The van der Waals surface area contributed by atoms with Gasteiger partial charge in [-0.1, -0.05) is 11.6 Å². The van der Waals surface area contributed by atoms with Crippen LogP contribution in [0, 0.1) is 0 Å². The summed E-state index contributed by atoms with van der Waals surface area (Å²) < 4.78 is 48.4. The number of benzene rings is 1. The molecule has 1 aliphatic heterocycles. The second-order valence-electron chi connectivity index (χ2n) is 6.27. The number of likely N-dealkylation sites (tertiary alicyclic amines) is 1. The molecule has 0 aromatic heterocycles. The quantitative estimate of drug-likeness (QED) is 0.794. The van der Waals surface area contributed by atoms with E-state index in [1.807, 2.05) is 0 Å². The normalized spacial score (nSPS) is 16.0. The highest BCUT2D eigenvalue weighted by Crippen LogP contribution is 2.35. The molecule has 0 radical (unpaired) electrons. The van der Waals surface area contributed by atoms with Gasteiger partial charge in [0.25, 0.3) is 0 Å². The van der Waals surface area contributed by atoms with Gasteiger partial charge in [-0.15, -0.1) is 0 Å². The summed E-state index contributed by atoms with van der Waals surface area (Å²) in [6.07, 6.45) is -5.22. The number of carbonyl (C=O) groups is 1. The summed E-state index contributed by atoms with van der Waals surface area (Å²) in [6, 6.07) is 2.91. The number of rotatable bonds is 2. The van der Waals surface area contributed by atoms with Crippen LogP contribution in [0.3, 0.4) is 0 Å². The topological polar surface area (TPSA) is 38.8 Å². The first-order valence-electron chi connectivity index (χ1n) is 6.97. The molecular formula is C15H17ClF3NO3. The monoisotopic (exact) mass is 351 g/mol. The first kappa shape index (κ1) is 17.7. The van der Waals surface area contributed by atoms with E-state index >= 15 is 0 Å². The third-order valence-corrected chi connectivity index (χ3v) is 3.35. The van der Waals surface area contributed by atoms with Crippen molar-refractivity contribution in [3.63, 3.8) is 0 Å². The SMILES string of the molecule is CC(C)(C)OC(=O)N1CC(Oc2ccc(C(F)(F)F)cc2Cl)C1. The lowest BCUT2D eigenvalue weighted by atomic mass is 10.1. The maximum atomic E-state index is 12.6. The van der Waals surface area contributed by atoms with Crippen LogP contribution < -0.4 is 4.74 Å². The number of hydrogen-bond donors (Lipinski definition) is 0. The fourth-order valence-corrected chi connectivity index (χ4v) is 2.17. The summed E-state index contributed by atoms with van der Waals surface area (Å²) >= 11 is 5.82. The van der Waals surface area contributed by atoms with Crippen LogP contribution in [-0.4, -0.2) is 35.8 Å². The number of ether oxygens (including phenoxy) is 2. The van der Waals surface area contributed by atoms with Crippen molar-refractivity contribution in [2.45, 2.75) is 38.7 Å². The molecular weight excluding hydrogens is 335 g/mol. The molecule has 1 aliphatic rings. The Morgan fingerprint density at radius 3 is 2.35 bits per heavy atom. The Morgan fingerprint density at radius 2 is 1.87 bits per heavy atom. The molecule has 4 nitrogen and oxygen atoms in total. The molecule has 1 heterocycles. The van der Waals surface area contributed by atoms with Crippen LogP contribution in [0.5, 0.6) is 5.75 Å². The molecule has 1 saturated heterocycles. The zero-order chi connectivity index (χ0) is 17.4. The summed E-state index contributed by atoms with van der Waals surface area (Å²) in [5, 5.41) is -0.115. The van der Waals surface area contributed by atoms with E-state index in [1.165, 1.54) is 11.0 Å². The first-order chi connectivity index (χ1) is 10.5. The van der Waals surface area contributed by atoms with Crippen molar-refractivity contribution in [1.29, 1.82) is 0 Å². The van der Waals surface area contributed by atoms with E-state index in [0.29, 0.717) is 13.1 Å². The Bertz CT molecular complexity index is 593. The molecule has 0 saturated carbocycles. The van der Waals surface area contributed by atoms with Crippen LogP contribution in [0.4, 0.5) is 18.0 Å². The third-order valence-electron chi connectivity index (χ3n) is 3.05. The molecule has 2 rings (SSSR count). The van der Waals surface area contributed by atoms with Crippen molar-refractivity contribution < 1.29 is 27.4 Å². The molecule has 1 fully saturated rings. The van der Waals surface area contributed by atoms with Crippen molar-refractivity contribution in [2.75, 3.05) is 13.1 Å². The van der Waals surface area contributed by atoms with Crippen LogP contribution in [0.25, 0.3) is 0 Å². The van der Waals surface area contributed by atoms with E-state index in [4.69, 9.17) is 21.1 Å². The van der Waals surface area contributed by atoms with Gasteiger partial charge in [0.05, 0.1) is 23.7 Å². The zero-order valence-corrected chi connectivity index (χ0v) is 13.7. The average molecular weight is 352 g/mol. The summed E-state index contributed by atoms with van der Waals surface area (Å²) in [5.74, 6) is 0.161. The molecule has 0 aliphatic carbocycles. The highest BCUT2D eigenvalue weighted by molar-refractivity contribution is 6.32. The molecule has 1 amide bonds. The molecule has 8 heteroatoms. The summed E-state index contributed by atoms with van der Waals surface area (Å²) in [4.78, 5) is 13.2. The Labute approximate surface area is 137 Å². The van der Waals surface area contributed by atoms with Gasteiger partial charge in [0.15, 0.2) is 0 Å². The van der Waals surface area contributed by atoms with Gasteiger partial charge in [0.2, 0.25) is 0 Å². The van der Waals surface area contributed by atoms with Gasteiger partial charge >= 0.3 is 12.3 Å². The van der Waals surface area contributed by atoms with Gasteiger partial charge in [0, 0.05) is 0 Å². The number of nitrogens with zero attached hydrogens (tertiary/aromatic N) is 1. The maximum absolute atomic E-state index is 12.6. The predicted molar refractivity (Wildman–Crippen MR) is 78.7 cm³/mol. The number of hydrogen-bond acceptors (Lipinski definition) is 3. The number of halogens is 4. The van der Waals surface area contributed by atoms with Gasteiger partial charge in [0.1, 0.15) is 17.5 Å². The number of carbonyl (C=O) groups excluding carboxylic acids is 1. The predicted octanol–water partition coefficient (Wildman–Crippen LogP) is 4.36. The molecule has 0 spiro atoms. The van der Waals surface area contributed by atoms with Crippen molar-refractivity contribution >= 4 is 17.7 Å². The van der Waals surface area contributed by atoms with Gasteiger partial charge in [-0.2, -0.15) is 13.2 Å². The second kappa shape index (κ2) is 6.11. The minimum absolute atomic E-state index is 0.115. The fraction of sp³-hybridized carbons (Fsp3) is 0.533. The molecule has 1 aromatic carbocycles. The average Bonchev–Trinajstić information content (AvgIpc) is 2.30. The lowest BCUT2D eigenvalue weighted by Gasteiger charge is -2.39. The molecule has 0 atom stereocenters. The molecule has 1 aromatic rings. The van der Waals surface area contributed by atoms with Crippen LogP contribution in [0.2, 0.25) is 5.02 Å². The van der Waals surface area contributed by atoms with Crippen molar-refractivity contribution in [3.8, 4) is 5.75 Å². The van der Waals surface area contributed by atoms with Crippen LogP contribution in [-0.2, 0) is 10.9 Å². The Kier molecular flexibility index (Phi) is 4.71. The zero-order valence-electron chi connectivity index (χ0n) is 12.9. The van der Waals surface area contributed by atoms with Crippen molar-refractivity contribution in [2.24, 2.45) is 0 Å². The van der Waals surface area contributed by atoms with Crippen LogP contribution in [0.15, 0.2) is 18.2 Å². The maximum Gasteiger partial charge on any atom is 0.416 e. The van der Waals surface area contributed by atoms with Crippen LogP contribution >= 0.6 is 11.6 Å². The molecule has 23 heavy (non-hydrogen) atoms. The van der Waals surface area contributed by atoms with Gasteiger partial charge in [-0.05, 0) is 39.0 Å². The van der Waals surface area contributed by atoms with E-state index in [9.17, 15) is 18.0 Å². The third kappa shape index (κ3) is 4.67. The van der Waals surface area contributed by atoms with Gasteiger partial charge in [-0.25, -0.2) is 4.79 Å². The first-order valence-corrected chi connectivity index (χ1v) is 7.35. The van der Waals surface area contributed by atoms with E-state index in [1.54, 1.807) is 20.8 Å². The van der Waals surface area contributed by atoms with Crippen LogP contribution in [0.1, 0.15) is 26.3 Å². The summed E-state index contributed by atoms with van der Waals surface area (Å²) in [6.45, 7) is 5.89. The largest absolute Gasteiger partial charge is 0.485 e. The van der Waals surface area contributed by atoms with Gasteiger partial charge in [-0.3, -0.25) is 0 Å². The number of alkyl halides is 3. The van der Waals surface area contributed by atoms with E-state index in [2.05, 4.69) is 0 Å². The number of amides is 1. The molecule has 128 valence electrons. The highest BCUT2D eigenvalue weighted by atomic mass is 35.5. The standard InChI is InChI=1S/C15H17ClF3NO3/c1-14(2,3)23-13(21)20-7-10(8-20)22-12-5-4-9(6-11(12)16)15(17,18)19/h4-6,10H,7-8H2,1-3H3. The minimum Gasteiger partial charge on any atom is -0.485 e. The Morgan fingerprint density at radius 1 is 1.26 bits per heavy atom. The van der Waals surface area contributed by atoms with E-state index in [0.717, 1.165) is 12.1 Å². The second-order valence-corrected chi connectivity index (χ2v) is 6.68. The lowest BCUT2D eigenvalue weighted by molar-refractivity contribution is -0.137. The van der Waals surface area contributed by atoms with Gasteiger partial charge < -0.3 is 14.4 Å². The Balaban J connectivity index is 1.90. The Hall–Kier alpha value is -1.63. The lowest BCUT2D eigenvalue weighted by Crippen LogP contribution is -2.57. The van der Waals surface area contributed by atoms with E-state index in [-0.39, 0.29) is 16.9 Å². The van der Waals surface area contributed by atoms with Crippen molar-refractivity contribution in [1.82, 2.24) is 4.90 Å². The summed E-state index contributed by atoms with van der Waals surface area (Å²) in [5.41, 5.74) is -1.42.